The minimum atomic E-state index is -1.32. The molecule has 0 heterocycles. The first-order valence-electron chi connectivity index (χ1n) is 4.27. The van der Waals surface area contributed by atoms with Crippen LogP contribution in [0.1, 0.15) is 6.92 Å². The van der Waals surface area contributed by atoms with E-state index in [1.165, 1.54) is 0 Å². The summed E-state index contributed by atoms with van der Waals surface area (Å²) in [5, 5.41) is 21.0. The van der Waals surface area contributed by atoms with E-state index in [1.807, 2.05) is 0 Å². The fourth-order valence-corrected chi connectivity index (χ4v) is 1.19. The number of Topliss-reactive ketones (excluding diaryl/α,β-unsaturated/α-hetero) is 1. The first kappa shape index (κ1) is 12.5. The summed E-state index contributed by atoms with van der Waals surface area (Å²) in [6, 6.07) is 0. The number of hydrogen-bond acceptors (Lipinski definition) is 7. The lowest BCUT2D eigenvalue weighted by Crippen LogP contribution is -2.27. The van der Waals surface area contributed by atoms with E-state index in [1.54, 1.807) is 0 Å². The molecule has 0 spiro atoms. The van der Waals surface area contributed by atoms with E-state index in [0.29, 0.717) is 0 Å². The van der Waals surface area contributed by atoms with Gasteiger partial charge < -0.3 is 4.74 Å². The fourth-order valence-electron chi connectivity index (χ4n) is 1.19. The Bertz CT molecular complexity index is 442. The predicted molar refractivity (Wildman–Crippen MR) is 50.7 cm³/mol. The second-order valence-electron chi connectivity index (χ2n) is 3.02. The summed E-state index contributed by atoms with van der Waals surface area (Å²) in [6.07, 6.45) is 0.207. The number of carbonyl (C=O) groups is 2. The van der Waals surface area contributed by atoms with Crippen LogP contribution in [0.15, 0.2) is 23.5 Å². The van der Waals surface area contributed by atoms with E-state index < -0.39 is 39.1 Å². The molecule has 9 heteroatoms. The highest BCUT2D eigenvalue weighted by Crippen LogP contribution is 2.18. The molecule has 0 aromatic rings. The predicted octanol–water partition coefficient (Wildman–Crippen LogP) is -0.178. The smallest absolute Gasteiger partial charge is 0.332 e. The van der Waals surface area contributed by atoms with Crippen LogP contribution in [-0.2, 0) is 14.3 Å². The average Bonchev–Trinajstić information content (AvgIpc) is 2.18. The summed E-state index contributed by atoms with van der Waals surface area (Å²) in [7, 11) is 0. The van der Waals surface area contributed by atoms with Gasteiger partial charge in [-0.15, -0.1) is 0 Å². The summed E-state index contributed by atoms with van der Waals surface area (Å²) < 4.78 is 4.55. The van der Waals surface area contributed by atoms with Crippen molar-refractivity contribution in [3.05, 3.63) is 43.8 Å². The van der Waals surface area contributed by atoms with Gasteiger partial charge in [0.1, 0.15) is 0 Å². The number of ketones is 1. The molecule has 1 aliphatic rings. The number of hydrogen-bond donors (Lipinski definition) is 0. The number of carbonyl (C=O) groups excluding carboxylic acids is 2. The lowest BCUT2D eigenvalue weighted by atomic mass is 10.1. The molecule has 17 heavy (non-hydrogen) atoms. The fraction of sp³-hybridized carbons (Fsp3) is 0.250. The third kappa shape index (κ3) is 2.71. The van der Waals surface area contributed by atoms with Gasteiger partial charge in [0.05, 0.1) is 9.85 Å². The van der Waals surface area contributed by atoms with E-state index in [2.05, 4.69) is 4.74 Å². The van der Waals surface area contributed by atoms with Crippen LogP contribution >= 0.6 is 0 Å². The van der Waals surface area contributed by atoms with E-state index >= 15 is 0 Å². The van der Waals surface area contributed by atoms with Crippen molar-refractivity contribution >= 4 is 11.8 Å². The van der Waals surface area contributed by atoms with Crippen LogP contribution in [0.4, 0.5) is 0 Å². The number of esters is 1. The average molecular weight is 242 g/mol. The zero-order valence-corrected chi connectivity index (χ0v) is 8.48. The first-order chi connectivity index (χ1) is 7.82. The molecule has 90 valence electrons. The molecule has 0 aromatic heterocycles. The molecule has 0 N–H and O–H groups in total. The van der Waals surface area contributed by atoms with Crippen LogP contribution in [0.2, 0.25) is 0 Å². The summed E-state index contributed by atoms with van der Waals surface area (Å²) in [5.41, 5.74) is -1.96. The molecule has 9 nitrogen and oxygen atoms in total. The van der Waals surface area contributed by atoms with Gasteiger partial charge in [-0.3, -0.25) is 29.8 Å². The number of nitrogens with zero attached hydrogens (tertiary/aromatic N) is 2. The van der Waals surface area contributed by atoms with Crippen LogP contribution < -0.4 is 0 Å². The largest absolute Gasteiger partial charge is 0.453 e. The quantitative estimate of drug-likeness (QED) is 0.381. The van der Waals surface area contributed by atoms with Crippen molar-refractivity contribution < 1.29 is 24.2 Å². The van der Waals surface area contributed by atoms with E-state index in [9.17, 15) is 29.8 Å². The number of rotatable bonds is 3. The second kappa shape index (κ2) is 4.51. The SMILES string of the molecule is CC(=O)OC1C=C([N+](=O)[O-])C(=O)C([N+](=O)[O-])=C1. The minimum absolute atomic E-state index is 0.747. The second-order valence-corrected chi connectivity index (χ2v) is 3.02. The number of nitro groups is 2. The lowest BCUT2D eigenvalue weighted by Gasteiger charge is -2.11. The Morgan fingerprint density at radius 3 is 1.94 bits per heavy atom. The molecule has 0 saturated heterocycles. The van der Waals surface area contributed by atoms with Gasteiger partial charge in [-0.2, -0.15) is 0 Å². The van der Waals surface area contributed by atoms with E-state index in [0.717, 1.165) is 19.1 Å². The Morgan fingerprint density at radius 2 is 1.65 bits per heavy atom. The third-order valence-electron chi connectivity index (χ3n) is 1.80. The van der Waals surface area contributed by atoms with Gasteiger partial charge in [0, 0.05) is 19.1 Å². The zero-order valence-electron chi connectivity index (χ0n) is 8.48. The van der Waals surface area contributed by atoms with Crippen molar-refractivity contribution in [3.63, 3.8) is 0 Å². The molecule has 1 rings (SSSR count). The Hall–Kier alpha value is -2.58. The van der Waals surface area contributed by atoms with Crippen LogP contribution in [0.5, 0.6) is 0 Å². The van der Waals surface area contributed by atoms with Gasteiger partial charge in [0.2, 0.25) is 0 Å². The highest BCUT2D eigenvalue weighted by atomic mass is 16.6. The van der Waals surface area contributed by atoms with Crippen molar-refractivity contribution in [2.75, 3.05) is 0 Å². The van der Waals surface area contributed by atoms with Crippen molar-refractivity contribution in [3.8, 4) is 0 Å². The molecule has 0 aromatic carbocycles. The Balaban J connectivity index is 3.14. The van der Waals surface area contributed by atoms with E-state index in [-0.39, 0.29) is 0 Å². The van der Waals surface area contributed by atoms with Gasteiger partial charge >= 0.3 is 23.1 Å². The van der Waals surface area contributed by atoms with E-state index in [4.69, 9.17) is 0 Å². The van der Waals surface area contributed by atoms with Crippen molar-refractivity contribution in [1.29, 1.82) is 0 Å². The molecular weight excluding hydrogens is 236 g/mol. The molecule has 0 amide bonds. The van der Waals surface area contributed by atoms with Crippen LogP contribution in [-0.4, -0.2) is 27.7 Å². The normalized spacial score (nSPS) is 15.9. The topological polar surface area (TPSA) is 130 Å². The van der Waals surface area contributed by atoms with Gasteiger partial charge in [0.25, 0.3) is 0 Å². The third-order valence-corrected chi connectivity index (χ3v) is 1.80. The molecule has 0 atom stereocenters. The molecule has 1 aliphatic carbocycles. The summed E-state index contributed by atoms with van der Waals surface area (Å²) in [6.45, 7) is 1.04. The van der Waals surface area contributed by atoms with Crippen molar-refractivity contribution in [2.24, 2.45) is 0 Å². The van der Waals surface area contributed by atoms with Gasteiger partial charge in [-0.1, -0.05) is 0 Å². The molecule has 0 bridgehead atoms. The summed E-state index contributed by atoms with van der Waals surface area (Å²) >= 11 is 0. The molecular formula is C8H6N2O7. The lowest BCUT2D eigenvalue weighted by molar-refractivity contribution is -0.435. The highest BCUT2D eigenvalue weighted by Gasteiger charge is 2.39. The molecule has 0 saturated carbocycles. The molecule has 0 unspecified atom stereocenters. The number of ether oxygens (including phenoxy) is 1. The summed E-state index contributed by atoms with van der Waals surface area (Å²) in [4.78, 5) is 40.8. The maximum Gasteiger partial charge on any atom is 0.332 e. The Morgan fingerprint density at radius 1 is 1.24 bits per heavy atom. The molecule has 0 fully saturated rings. The maximum absolute atomic E-state index is 11.3. The monoisotopic (exact) mass is 242 g/mol. The van der Waals surface area contributed by atoms with Crippen molar-refractivity contribution in [1.82, 2.24) is 0 Å². The Kier molecular flexibility index (Phi) is 3.31. The Labute approximate surface area is 93.7 Å². The van der Waals surface area contributed by atoms with Crippen LogP contribution in [0, 0.1) is 20.2 Å². The van der Waals surface area contributed by atoms with Gasteiger partial charge in [0.15, 0.2) is 6.10 Å². The van der Waals surface area contributed by atoms with Crippen LogP contribution in [0.25, 0.3) is 0 Å². The highest BCUT2D eigenvalue weighted by molar-refractivity contribution is 6.05. The molecule has 0 radical (unpaired) electrons. The maximum atomic E-state index is 11.3. The van der Waals surface area contributed by atoms with Crippen LogP contribution in [0.3, 0.4) is 0 Å². The van der Waals surface area contributed by atoms with Crippen molar-refractivity contribution in [2.45, 2.75) is 13.0 Å². The molecule has 0 aliphatic heterocycles. The minimum Gasteiger partial charge on any atom is -0.453 e. The standard InChI is InChI=1S/C8H6N2O7/c1-4(11)17-5-2-6(9(13)14)8(12)7(3-5)10(15)16/h2-3,5H,1H3. The summed E-state index contributed by atoms with van der Waals surface area (Å²) in [5.74, 6) is -2.09. The van der Waals surface area contributed by atoms with Gasteiger partial charge in [-0.05, 0) is 0 Å². The van der Waals surface area contributed by atoms with Gasteiger partial charge in [-0.25, -0.2) is 0 Å². The zero-order chi connectivity index (χ0) is 13.2. The first-order valence-corrected chi connectivity index (χ1v) is 4.27.